The van der Waals surface area contributed by atoms with Crippen molar-refractivity contribution in [3.63, 3.8) is 0 Å². The maximum atomic E-state index is 13.7. The molecule has 0 aliphatic rings. The topological polar surface area (TPSA) is 61.2 Å². The standard InChI is InChI=1S/C15H10ClFN2O3S/c1-2-22-15(21)9-7-19(11-4-3-5-23-11)14-8(12(9)20)6-10(17)13(16)18-14/h3-7H,2H2,1H3. The van der Waals surface area contributed by atoms with Crippen LogP contribution in [0.2, 0.25) is 5.15 Å². The number of pyridine rings is 2. The van der Waals surface area contributed by atoms with Crippen molar-refractivity contribution in [2.24, 2.45) is 0 Å². The molecule has 5 nitrogen and oxygen atoms in total. The van der Waals surface area contributed by atoms with Crippen molar-refractivity contribution < 1.29 is 13.9 Å². The lowest BCUT2D eigenvalue weighted by Crippen LogP contribution is -2.21. The minimum atomic E-state index is -0.824. The molecule has 0 unspecified atom stereocenters. The molecule has 0 aliphatic heterocycles. The molecule has 0 saturated heterocycles. The number of hydrogen-bond acceptors (Lipinski definition) is 5. The number of thiophene rings is 1. The quantitative estimate of drug-likeness (QED) is 0.535. The van der Waals surface area contributed by atoms with E-state index in [1.165, 1.54) is 22.1 Å². The molecule has 0 radical (unpaired) electrons. The van der Waals surface area contributed by atoms with Gasteiger partial charge in [-0.15, -0.1) is 11.3 Å². The van der Waals surface area contributed by atoms with Gasteiger partial charge in [0.2, 0.25) is 5.43 Å². The second kappa shape index (κ2) is 6.10. The smallest absolute Gasteiger partial charge is 0.343 e. The molecule has 0 amide bonds. The first-order chi connectivity index (χ1) is 11.0. The Morgan fingerprint density at radius 3 is 2.96 bits per heavy atom. The molecule has 3 heterocycles. The highest BCUT2D eigenvalue weighted by Gasteiger charge is 2.20. The molecular formula is C15H10ClFN2O3S. The summed E-state index contributed by atoms with van der Waals surface area (Å²) in [6.45, 7) is 1.76. The average Bonchev–Trinajstić information content (AvgIpc) is 3.04. The second-order valence-corrected chi connectivity index (χ2v) is 5.83. The lowest BCUT2D eigenvalue weighted by Gasteiger charge is -2.11. The van der Waals surface area contributed by atoms with Gasteiger partial charge in [-0.3, -0.25) is 9.36 Å². The molecule has 3 rings (SSSR count). The first-order valence-corrected chi connectivity index (χ1v) is 7.91. The van der Waals surface area contributed by atoms with Crippen molar-refractivity contribution in [1.29, 1.82) is 0 Å². The van der Waals surface area contributed by atoms with Gasteiger partial charge in [0.25, 0.3) is 0 Å². The van der Waals surface area contributed by atoms with Crippen molar-refractivity contribution in [1.82, 2.24) is 9.55 Å². The molecule has 118 valence electrons. The highest BCUT2D eigenvalue weighted by Crippen LogP contribution is 2.23. The zero-order chi connectivity index (χ0) is 16.6. The van der Waals surface area contributed by atoms with E-state index in [9.17, 15) is 14.0 Å². The van der Waals surface area contributed by atoms with Crippen molar-refractivity contribution >= 4 is 39.9 Å². The van der Waals surface area contributed by atoms with Crippen LogP contribution in [0.15, 0.2) is 34.6 Å². The SMILES string of the molecule is CCOC(=O)c1cn(-c2cccs2)c2nc(Cl)c(F)cc2c1=O. The normalized spacial score (nSPS) is 10.9. The fraction of sp³-hybridized carbons (Fsp3) is 0.133. The van der Waals surface area contributed by atoms with E-state index in [0.717, 1.165) is 6.07 Å². The number of rotatable bonds is 3. The molecule has 0 aromatic carbocycles. The molecule has 8 heteroatoms. The third-order valence-corrected chi connectivity index (χ3v) is 4.26. The third-order valence-electron chi connectivity index (χ3n) is 3.13. The zero-order valence-electron chi connectivity index (χ0n) is 11.9. The number of halogens is 2. The maximum absolute atomic E-state index is 13.7. The van der Waals surface area contributed by atoms with Crippen LogP contribution in [-0.4, -0.2) is 22.1 Å². The first kappa shape index (κ1) is 15.6. The minimum absolute atomic E-state index is 0.0362. The van der Waals surface area contributed by atoms with E-state index >= 15 is 0 Å². The summed E-state index contributed by atoms with van der Waals surface area (Å²) in [4.78, 5) is 28.4. The van der Waals surface area contributed by atoms with Gasteiger partial charge in [-0.25, -0.2) is 14.2 Å². The van der Waals surface area contributed by atoms with Crippen molar-refractivity contribution in [3.05, 3.63) is 56.5 Å². The summed E-state index contributed by atoms with van der Waals surface area (Å²) < 4.78 is 20.1. The van der Waals surface area contributed by atoms with Crippen LogP contribution in [0, 0.1) is 5.82 Å². The summed E-state index contributed by atoms with van der Waals surface area (Å²) in [6.07, 6.45) is 1.34. The van der Waals surface area contributed by atoms with Crippen LogP contribution in [0.1, 0.15) is 17.3 Å². The van der Waals surface area contributed by atoms with Crippen molar-refractivity contribution in [2.75, 3.05) is 6.61 Å². The van der Waals surface area contributed by atoms with Crippen molar-refractivity contribution in [2.45, 2.75) is 6.92 Å². The Labute approximate surface area is 138 Å². The Bertz CT molecular complexity index is 954. The van der Waals surface area contributed by atoms with E-state index in [-0.39, 0.29) is 28.4 Å². The summed E-state index contributed by atoms with van der Waals surface area (Å²) in [6, 6.07) is 4.57. The van der Waals surface area contributed by atoms with Crippen LogP contribution in [0.5, 0.6) is 0 Å². The van der Waals surface area contributed by atoms with Crippen LogP contribution in [0.3, 0.4) is 0 Å². The highest BCUT2D eigenvalue weighted by atomic mass is 35.5. The summed E-state index contributed by atoms with van der Waals surface area (Å²) >= 11 is 7.11. The van der Waals surface area contributed by atoms with E-state index in [1.807, 2.05) is 5.38 Å². The monoisotopic (exact) mass is 352 g/mol. The van der Waals surface area contributed by atoms with Crippen LogP contribution in [0.25, 0.3) is 16.0 Å². The van der Waals surface area contributed by atoms with Gasteiger partial charge >= 0.3 is 5.97 Å². The number of esters is 1. The fourth-order valence-electron chi connectivity index (χ4n) is 2.13. The van der Waals surface area contributed by atoms with Crippen molar-refractivity contribution in [3.8, 4) is 5.00 Å². The Morgan fingerprint density at radius 2 is 2.30 bits per heavy atom. The number of fused-ring (bicyclic) bond motifs is 1. The molecule has 0 spiro atoms. The maximum Gasteiger partial charge on any atom is 0.343 e. The molecule has 0 atom stereocenters. The lowest BCUT2D eigenvalue weighted by molar-refractivity contribution is 0.0524. The van der Waals surface area contributed by atoms with Gasteiger partial charge in [0.05, 0.1) is 12.0 Å². The van der Waals surface area contributed by atoms with Gasteiger partial charge in [-0.05, 0) is 30.5 Å². The van der Waals surface area contributed by atoms with Gasteiger partial charge in [-0.1, -0.05) is 11.6 Å². The number of ether oxygens (including phenoxy) is 1. The molecule has 0 saturated carbocycles. The molecule has 0 aliphatic carbocycles. The van der Waals surface area contributed by atoms with Crippen LogP contribution < -0.4 is 5.43 Å². The first-order valence-electron chi connectivity index (χ1n) is 6.65. The van der Waals surface area contributed by atoms with E-state index in [1.54, 1.807) is 19.1 Å². The summed E-state index contributed by atoms with van der Waals surface area (Å²) in [5, 5.41) is 2.15. The zero-order valence-corrected chi connectivity index (χ0v) is 13.4. The minimum Gasteiger partial charge on any atom is -0.462 e. The Morgan fingerprint density at radius 1 is 1.52 bits per heavy atom. The fourth-order valence-corrected chi connectivity index (χ4v) is 2.97. The van der Waals surface area contributed by atoms with E-state index in [2.05, 4.69) is 4.98 Å². The molecule has 3 aromatic rings. The largest absolute Gasteiger partial charge is 0.462 e. The van der Waals surface area contributed by atoms with Crippen LogP contribution >= 0.6 is 22.9 Å². The van der Waals surface area contributed by atoms with Crippen LogP contribution in [-0.2, 0) is 4.74 Å². The van der Waals surface area contributed by atoms with Gasteiger partial charge in [0, 0.05) is 6.20 Å². The van der Waals surface area contributed by atoms with E-state index in [0.29, 0.717) is 5.00 Å². The molecular weight excluding hydrogens is 343 g/mol. The highest BCUT2D eigenvalue weighted by molar-refractivity contribution is 7.12. The number of aromatic nitrogens is 2. The molecule has 0 fully saturated rings. The van der Waals surface area contributed by atoms with Crippen LogP contribution in [0.4, 0.5) is 4.39 Å². The number of hydrogen-bond donors (Lipinski definition) is 0. The lowest BCUT2D eigenvalue weighted by atomic mass is 10.2. The van der Waals surface area contributed by atoms with Gasteiger partial charge in [0.1, 0.15) is 10.6 Å². The second-order valence-electron chi connectivity index (χ2n) is 4.55. The van der Waals surface area contributed by atoms with E-state index < -0.39 is 17.2 Å². The van der Waals surface area contributed by atoms with Gasteiger partial charge < -0.3 is 4.74 Å². The molecule has 0 bridgehead atoms. The summed E-state index contributed by atoms with van der Waals surface area (Å²) in [7, 11) is 0. The Balaban J connectivity index is 2.40. The summed E-state index contributed by atoms with van der Waals surface area (Å²) in [5.41, 5.74) is -0.650. The van der Waals surface area contributed by atoms with E-state index in [4.69, 9.17) is 16.3 Å². The number of nitrogens with zero attached hydrogens (tertiary/aromatic N) is 2. The summed E-state index contributed by atoms with van der Waals surface area (Å²) in [5.74, 6) is -1.59. The third kappa shape index (κ3) is 2.73. The number of carbonyl (C=O) groups is 1. The van der Waals surface area contributed by atoms with Gasteiger partial charge in [-0.2, -0.15) is 0 Å². The van der Waals surface area contributed by atoms with Gasteiger partial charge in [0.15, 0.2) is 16.6 Å². The Hall–Kier alpha value is -2.25. The molecule has 0 N–H and O–H groups in total. The number of carbonyl (C=O) groups excluding carboxylic acids is 1. The molecule has 3 aromatic heterocycles. The molecule has 23 heavy (non-hydrogen) atoms. The average molecular weight is 353 g/mol. The predicted octanol–water partition coefficient (Wildman–Crippen LogP) is 3.42. The predicted molar refractivity (Wildman–Crippen MR) is 86.1 cm³/mol. The Kier molecular flexibility index (Phi) is 4.14.